The summed E-state index contributed by atoms with van der Waals surface area (Å²) >= 11 is 0. The van der Waals surface area contributed by atoms with E-state index < -0.39 is 0 Å². The molecule has 3 nitrogen and oxygen atoms in total. The highest BCUT2D eigenvalue weighted by Crippen LogP contribution is 2.31. The van der Waals surface area contributed by atoms with Crippen molar-refractivity contribution in [2.45, 2.75) is 57.6 Å². The van der Waals surface area contributed by atoms with Gasteiger partial charge in [-0.05, 0) is 50.5 Å². The smallest absolute Gasteiger partial charge is 0.0587 e. The van der Waals surface area contributed by atoms with Gasteiger partial charge in [0.15, 0.2) is 0 Å². The average Bonchev–Trinajstić information content (AvgIpc) is 2.84. The Bertz CT molecular complexity index is 222. The van der Waals surface area contributed by atoms with Crippen LogP contribution in [0.1, 0.15) is 45.4 Å². The van der Waals surface area contributed by atoms with E-state index in [1.54, 1.807) is 0 Å². The van der Waals surface area contributed by atoms with Crippen molar-refractivity contribution in [3.8, 4) is 0 Å². The number of hydrogen-bond acceptors (Lipinski definition) is 3. The lowest BCUT2D eigenvalue weighted by molar-refractivity contribution is -0.00103. The van der Waals surface area contributed by atoms with Gasteiger partial charge >= 0.3 is 0 Å². The standard InChI is InChI=1S/C14H27NO2/c1-2-14-8-13(6-7-17-14)15-9-11-4-3-5-12(11)10-16/h11-16H,2-10H2,1H3. The van der Waals surface area contributed by atoms with E-state index >= 15 is 0 Å². The lowest BCUT2D eigenvalue weighted by atomic mass is 9.95. The Morgan fingerprint density at radius 2 is 2.06 bits per heavy atom. The zero-order chi connectivity index (χ0) is 12.1. The minimum absolute atomic E-state index is 0.373. The summed E-state index contributed by atoms with van der Waals surface area (Å²) in [5, 5.41) is 13.0. The van der Waals surface area contributed by atoms with Gasteiger partial charge in [-0.1, -0.05) is 13.3 Å². The minimum Gasteiger partial charge on any atom is -0.396 e. The largest absolute Gasteiger partial charge is 0.396 e. The molecule has 0 aromatic carbocycles. The molecule has 0 aromatic rings. The molecule has 100 valence electrons. The molecular formula is C14H27NO2. The highest BCUT2D eigenvalue weighted by atomic mass is 16.5. The van der Waals surface area contributed by atoms with E-state index in [2.05, 4.69) is 12.2 Å². The summed E-state index contributed by atoms with van der Waals surface area (Å²) in [6, 6.07) is 0.633. The second-order valence-corrected chi connectivity index (χ2v) is 5.66. The fourth-order valence-electron chi connectivity index (χ4n) is 3.29. The first kappa shape index (κ1) is 13.3. The van der Waals surface area contributed by atoms with Crippen molar-refractivity contribution in [2.75, 3.05) is 19.8 Å². The van der Waals surface area contributed by atoms with E-state index in [1.807, 2.05) is 0 Å². The molecule has 0 amide bonds. The third-order valence-corrected chi connectivity index (χ3v) is 4.54. The lowest BCUT2D eigenvalue weighted by Gasteiger charge is -2.31. The van der Waals surface area contributed by atoms with Crippen molar-refractivity contribution in [2.24, 2.45) is 11.8 Å². The van der Waals surface area contributed by atoms with Gasteiger partial charge in [0.25, 0.3) is 0 Å². The molecule has 0 spiro atoms. The maximum Gasteiger partial charge on any atom is 0.0587 e. The molecule has 4 unspecified atom stereocenters. The Labute approximate surface area is 105 Å². The zero-order valence-electron chi connectivity index (χ0n) is 11.0. The van der Waals surface area contributed by atoms with Crippen molar-refractivity contribution in [1.82, 2.24) is 5.32 Å². The number of aliphatic hydroxyl groups excluding tert-OH is 1. The summed E-state index contributed by atoms with van der Waals surface area (Å²) in [5.41, 5.74) is 0. The van der Waals surface area contributed by atoms with Crippen molar-refractivity contribution in [1.29, 1.82) is 0 Å². The Kier molecular flexibility index (Phi) is 5.26. The van der Waals surface area contributed by atoms with Gasteiger partial charge in [-0.15, -0.1) is 0 Å². The monoisotopic (exact) mass is 241 g/mol. The Hall–Kier alpha value is -0.120. The normalized spacial score (nSPS) is 38.5. The maximum absolute atomic E-state index is 9.31. The van der Waals surface area contributed by atoms with Crippen LogP contribution in [0.4, 0.5) is 0 Å². The lowest BCUT2D eigenvalue weighted by Crippen LogP contribution is -2.41. The van der Waals surface area contributed by atoms with Crippen LogP contribution in [0, 0.1) is 11.8 Å². The molecule has 1 heterocycles. The first-order valence-electron chi connectivity index (χ1n) is 7.29. The predicted octanol–water partition coefficient (Wildman–Crippen LogP) is 1.94. The van der Waals surface area contributed by atoms with E-state index in [1.165, 1.54) is 19.3 Å². The van der Waals surface area contributed by atoms with Gasteiger partial charge in [0.2, 0.25) is 0 Å². The first-order chi connectivity index (χ1) is 8.33. The molecule has 1 aliphatic carbocycles. The van der Waals surface area contributed by atoms with E-state index in [0.29, 0.717) is 30.6 Å². The molecule has 17 heavy (non-hydrogen) atoms. The van der Waals surface area contributed by atoms with Gasteiger partial charge in [-0.25, -0.2) is 0 Å². The van der Waals surface area contributed by atoms with Crippen molar-refractivity contribution < 1.29 is 9.84 Å². The van der Waals surface area contributed by atoms with Crippen LogP contribution in [0.2, 0.25) is 0 Å². The summed E-state index contributed by atoms with van der Waals surface area (Å²) in [6.45, 7) is 4.57. The summed E-state index contributed by atoms with van der Waals surface area (Å²) in [6.07, 6.45) is 7.69. The molecule has 1 saturated heterocycles. The van der Waals surface area contributed by atoms with Crippen LogP contribution in [0.5, 0.6) is 0 Å². The van der Waals surface area contributed by atoms with E-state index in [4.69, 9.17) is 4.74 Å². The Morgan fingerprint density at radius 3 is 2.82 bits per heavy atom. The van der Waals surface area contributed by atoms with Crippen LogP contribution >= 0.6 is 0 Å². The highest BCUT2D eigenvalue weighted by molar-refractivity contribution is 4.82. The average molecular weight is 241 g/mol. The van der Waals surface area contributed by atoms with Crippen LogP contribution in [0.3, 0.4) is 0 Å². The molecule has 2 aliphatic rings. The van der Waals surface area contributed by atoms with E-state index in [0.717, 1.165) is 32.4 Å². The molecule has 2 rings (SSSR count). The van der Waals surface area contributed by atoms with E-state index in [9.17, 15) is 5.11 Å². The number of nitrogens with one attached hydrogen (secondary N) is 1. The summed E-state index contributed by atoms with van der Waals surface area (Å²) in [7, 11) is 0. The topological polar surface area (TPSA) is 41.5 Å². The Balaban J connectivity index is 1.70. The van der Waals surface area contributed by atoms with Crippen LogP contribution in [0.15, 0.2) is 0 Å². The molecule has 0 aromatic heterocycles. The third kappa shape index (κ3) is 3.67. The second kappa shape index (κ2) is 6.72. The van der Waals surface area contributed by atoms with Gasteiger partial charge in [0.1, 0.15) is 0 Å². The van der Waals surface area contributed by atoms with Gasteiger partial charge in [0.05, 0.1) is 6.10 Å². The molecule has 0 radical (unpaired) electrons. The van der Waals surface area contributed by atoms with Gasteiger partial charge in [0, 0.05) is 19.3 Å². The minimum atomic E-state index is 0.373. The summed E-state index contributed by atoms with van der Waals surface area (Å²) in [5.74, 6) is 1.24. The summed E-state index contributed by atoms with van der Waals surface area (Å²) < 4.78 is 5.69. The summed E-state index contributed by atoms with van der Waals surface area (Å²) in [4.78, 5) is 0. The number of ether oxygens (including phenoxy) is 1. The van der Waals surface area contributed by atoms with Crippen LogP contribution in [-0.4, -0.2) is 37.0 Å². The van der Waals surface area contributed by atoms with Gasteiger partial charge in [-0.2, -0.15) is 0 Å². The molecular weight excluding hydrogens is 214 g/mol. The molecule has 4 atom stereocenters. The molecule has 3 heteroatoms. The van der Waals surface area contributed by atoms with Gasteiger partial charge < -0.3 is 15.2 Å². The first-order valence-corrected chi connectivity index (χ1v) is 7.29. The van der Waals surface area contributed by atoms with Crippen molar-refractivity contribution in [3.63, 3.8) is 0 Å². The maximum atomic E-state index is 9.31. The second-order valence-electron chi connectivity index (χ2n) is 5.66. The van der Waals surface area contributed by atoms with E-state index in [-0.39, 0.29) is 0 Å². The molecule has 2 fully saturated rings. The van der Waals surface area contributed by atoms with Crippen molar-refractivity contribution in [3.05, 3.63) is 0 Å². The third-order valence-electron chi connectivity index (χ3n) is 4.54. The van der Waals surface area contributed by atoms with Crippen LogP contribution in [-0.2, 0) is 4.74 Å². The molecule has 1 saturated carbocycles. The number of aliphatic hydroxyl groups is 1. The molecule has 1 aliphatic heterocycles. The predicted molar refractivity (Wildman–Crippen MR) is 69.0 cm³/mol. The Morgan fingerprint density at radius 1 is 1.24 bits per heavy atom. The van der Waals surface area contributed by atoms with Crippen LogP contribution < -0.4 is 5.32 Å². The van der Waals surface area contributed by atoms with Crippen molar-refractivity contribution >= 4 is 0 Å². The van der Waals surface area contributed by atoms with Crippen LogP contribution in [0.25, 0.3) is 0 Å². The van der Waals surface area contributed by atoms with Gasteiger partial charge in [-0.3, -0.25) is 0 Å². The number of hydrogen-bond donors (Lipinski definition) is 2. The molecule has 0 bridgehead atoms. The fraction of sp³-hybridized carbons (Fsp3) is 1.00. The quantitative estimate of drug-likeness (QED) is 0.773. The SMILES string of the molecule is CCC1CC(NCC2CCCC2CO)CCO1. The molecule has 2 N–H and O–H groups in total. The fourth-order valence-corrected chi connectivity index (χ4v) is 3.29. The zero-order valence-corrected chi connectivity index (χ0v) is 11.0. The highest BCUT2D eigenvalue weighted by Gasteiger charge is 2.28. The number of rotatable bonds is 5.